The molecule has 0 aliphatic carbocycles. The maximum absolute atomic E-state index is 12.7. The predicted molar refractivity (Wildman–Crippen MR) is 109 cm³/mol. The summed E-state index contributed by atoms with van der Waals surface area (Å²) in [6, 6.07) is 11.1. The number of hydrogen-bond acceptors (Lipinski definition) is 3. The summed E-state index contributed by atoms with van der Waals surface area (Å²) in [6.07, 6.45) is 1.12. The summed E-state index contributed by atoms with van der Waals surface area (Å²) in [5.41, 5.74) is 1.45. The molecule has 2 atom stereocenters. The third kappa shape index (κ3) is 5.76. The quantitative estimate of drug-likeness (QED) is 0.536. The Morgan fingerprint density at radius 3 is 2.60 bits per heavy atom. The number of benzene rings is 2. The van der Waals surface area contributed by atoms with Gasteiger partial charge in [-0.2, -0.15) is 0 Å². The van der Waals surface area contributed by atoms with Crippen LogP contribution in [0.25, 0.3) is 0 Å². The number of carbonyl (C=O) groups is 1. The van der Waals surface area contributed by atoms with Crippen LogP contribution in [0.5, 0.6) is 11.5 Å². The molecule has 0 bridgehead atoms. The van der Waals surface area contributed by atoms with Gasteiger partial charge in [0.25, 0.3) is 0 Å². The Bertz CT molecular complexity index is 737. The molecule has 2 rings (SSSR count). The van der Waals surface area contributed by atoms with Gasteiger partial charge in [-0.25, -0.2) is 0 Å². The van der Waals surface area contributed by atoms with Crippen molar-refractivity contribution >= 4 is 49.9 Å². The summed E-state index contributed by atoms with van der Waals surface area (Å²) in [5.74, 6) is 1.34. The third-order valence-corrected chi connectivity index (χ3v) is 5.40. The summed E-state index contributed by atoms with van der Waals surface area (Å²) in [7, 11) is 1.52. The van der Waals surface area contributed by atoms with Crippen LogP contribution in [0.2, 0.25) is 5.02 Å². The van der Waals surface area contributed by atoms with Gasteiger partial charge in [-0.3, -0.25) is 4.79 Å². The molecule has 0 radical (unpaired) electrons. The number of ether oxygens (including phenoxy) is 2. The first kappa shape index (κ1) is 22.1. The molecule has 3 nitrogen and oxygen atoms in total. The van der Waals surface area contributed by atoms with Crippen LogP contribution in [0.15, 0.2) is 36.4 Å². The van der Waals surface area contributed by atoms with Gasteiger partial charge >= 0.3 is 18.9 Å². The van der Waals surface area contributed by atoms with E-state index in [2.05, 4.69) is 6.92 Å². The van der Waals surface area contributed by atoms with Crippen LogP contribution >= 0.6 is 20.2 Å². The van der Waals surface area contributed by atoms with E-state index in [1.165, 1.54) is 7.11 Å². The van der Waals surface area contributed by atoms with Gasteiger partial charge in [-0.15, -0.1) is 0 Å². The Morgan fingerprint density at radius 1 is 1.28 bits per heavy atom. The molecule has 0 fully saturated rings. The average molecular weight is 373 g/mol. The number of halogens is 1. The van der Waals surface area contributed by atoms with Gasteiger partial charge < -0.3 is 9.47 Å². The van der Waals surface area contributed by atoms with E-state index in [9.17, 15) is 4.79 Å². The first-order chi connectivity index (χ1) is 11.5. The maximum atomic E-state index is 12.7. The minimum absolute atomic E-state index is 0. The molecule has 2 aromatic carbocycles. The second kappa shape index (κ2) is 10.2. The van der Waals surface area contributed by atoms with Gasteiger partial charge in [0.2, 0.25) is 0 Å². The molecule has 0 amide bonds. The van der Waals surface area contributed by atoms with Crippen molar-refractivity contribution < 1.29 is 14.3 Å². The van der Waals surface area contributed by atoms with Gasteiger partial charge in [-0.1, -0.05) is 30.7 Å². The van der Waals surface area contributed by atoms with Crippen LogP contribution in [-0.4, -0.2) is 37.6 Å². The molecule has 0 aromatic heterocycles. The van der Waals surface area contributed by atoms with E-state index in [1.807, 2.05) is 32.0 Å². The van der Waals surface area contributed by atoms with E-state index in [0.717, 1.165) is 23.0 Å². The summed E-state index contributed by atoms with van der Waals surface area (Å²) >= 11 is 6.19. The van der Waals surface area contributed by atoms with E-state index in [0.29, 0.717) is 16.3 Å². The zero-order valence-electron chi connectivity index (χ0n) is 14.4. The zero-order chi connectivity index (χ0) is 17.7. The van der Waals surface area contributed by atoms with E-state index < -0.39 is 0 Å². The number of rotatable bonds is 7. The van der Waals surface area contributed by atoms with E-state index in [4.69, 9.17) is 21.1 Å². The molecule has 2 aromatic rings. The fraction of sp³-hybridized carbons (Fsp3) is 0.316. The third-order valence-electron chi connectivity index (χ3n) is 3.78. The van der Waals surface area contributed by atoms with Crippen LogP contribution in [0, 0.1) is 6.92 Å². The van der Waals surface area contributed by atoms with Crippen LogP contribution in [0.1, 0.15) is 36.2 Å². The SMILES string of the molecule is CCC(C)Oc1ccc(PC(=O)c2c(Cl)cccc2OC)c(C)c1.[LiH]. The Hall–Kier alpha value is -0.973. The first-order valence-corrected chi connectivity index (χ1v) is 9.25. The Morgan fingerprint density at radius 2 is 2.00 bits per heavy atom. The van der Waals surface area contributed by atoms with Crippen LogP contribution in [0.3, 0.4) is 0 Å². The molecule has 0 saturated carbocycles. The molecule has 0 saturated heterocycles. The van der Waals surface area contributed by atoms with Crippen LogP contribution in [-0.2, 0) is 0 Å². The Labute approximate surface area is 168 Å². The molecule has 2 unspecified atom stereocenters. The average Bonchev–Trinajstić information content (AvgIpc) is 2.56. The fourth-order valence-corrected chi connectivity index (χ4v) is 3.64. The number of aryl methyl sites for hydroxylation is 1. The Kier molecular flexibility index (Phi) is 9.04. The van der Waals surface area contributed by atoms with Crippen molar-refractivity contribution in [1.29, 1.82) is 0 Å². The van der Waals surface area contributed by atoms with Gasteiger partial charge in [-0.05, 0) is 64.0 Å². The summed E-state index contributed by atoms with van der Waals surface area (Å²) < 4.78 is 11.1. The van der Waals surface area contributed by atoms with Crippen LogP contribution < -0.4 is 14.8 Å². The van der Waals surface area contributed by atoms with Crippen molar-refractivity contribution in [2.45, 2.75) is 33.3 Å². The first-order valence-electron chi connectivity index (χ1n) is 7.87. The predicted octanol–water partition coefficient (Wildman–Crippen LogP) is 4.33. The topological polar surface area (TPSA) is 35.5 Å². The minimum atomic E-state index is -0.0313. The van der Waals surface area contributed by atoms with E-state index in [1.54, 1.807) is 18.2 Å². The zero-order valence-corrected chi connectivity index (χ0v) is 16.1. The van der Waals surface area contributed by atoms with E-state index in [-0.39, 0.29) is 39.1 Å². The molecule has 0 aliphatic rings. The molecule has 0 N–H and O–H groups in total. The standard InChI is InChI=1S/C19H22ClO3P.Li.H/c1-5-13(3)23-14-9-10-17(12(2)11-14)24-19(21)18-15(20)7-6-8-16(18)22-4;;/h6-11,13,24H,5H2,1-4H3;;. The molecule has 0 spiro atoms. The second-order valence-corrected chi connectivity index (χ2v) is 7.23. The second-order valence-electron chi connectivity index (χ2n) is 5.58. The monoisotopic (exact) mass is 372 g/mol. The Balaban J connectivity index is 0.00000312. The molecule has 6 heteroatoms. The molecule has 0 heterocycles. The molecular weight excluding hydrogens is 350 g/mol. The van der Waals surface area contributed by atoms with Crippen molar-refractivity contribution in [2.24, 2.45) is 0 Å². The summed E-state index contributed by atoms with van der Waals surface area (Å²) in [6.45, 7) is 6.12. The molecule has 130 valence electrons. The van der Waals surface area contributed by atoms with Crippen LogP contribution in [0.4, 0.5) is 0 Å². The number of hydrogen-bond donors (Lipinski definition) is 0. The number of methoxy groups -OCH3 is 1. The normalized spacial score (nSPS) is 11.9. The van der Waals surface area contributed by atoms with Crippen molar-refractivity contribution in [3.05, 3.63) is 52.5 Å². The summed E-state index contributed by atoms with van der Waals surface area (Å²) in [4.78, 5) is 12.7. The molecule has 25 heavy (non-hydrogen) atoms. The number of carbonyl (C=O) groups excluding carboxylic acids is 1. The van der Waals surface area contributed by atoms with Gasteiger partial charge in [0.05, 0.1) is 23.8 Å². The molecular formula is C19H23ClLiO3P. The van der Waals surface area contributed by atoms with Crippen molar-refractivity contribution in [3.63, 3.8) is 0 Å². The fourth-order valence-electron chi connectivity index (χ4n) is 2.24. The van der Waals surface area contributed by atoms with Gasteiger partial charge in [0, 0.05) is 0 Å². The van der Waals surface area contributed by atoms with Gasteiger partial charge in [0.15, 0.2) is 5.52 Å². The van der Waals surface area contributed by atoms with Crippen molar-refractivity contribution in [2.75, 3.05) is 7.11 Å². The van der Waals surface area contributed by atoms with Gasteiger partial charge in [0.1, 0.15) is 11.5 Å². The molecule has 0 aliphatic heterocycles. The summed E-state index contributed by atoms with van der Waals surface area (Å²) in [5, 5.41) is 1.40. The van der Waals surface area contributed by atoms with Crippen molar-refractivity contribution in [3.8, 4) is 11.5 Å². The van der Waals surface area contributed by atoms with Crippen molar-refractivity contribution in [1.82, 2.24) is 0 Å². The van der Waals surface area contributed by atoms with E-state index >= 15 is 0 Å².